The smallest absolute Gasteiger partial charge is 0.0105 e. The maximum absolute atomic E-state index is 5.49. The quantitative estimate of drug-likeness (QED) is 0.745. The van der Waals surface area contributed by atoms with E-state index in [0.29, 0.717) is 12.6 Å². The molecule has 1 rings (SSSR count). The van der Waals surface area contributed by atoms with Gasteiger partial charge >= 0.3 is 0 Å². The van der Waals surface area contributed by atoms with Crippen molar-refractivity contribution >= 4 is 0 Å². The van der Waals surface area contributed by atoms with Gasteiger partial charge in [-0.3, -0.25) is 0 Å². The zero-order valence-electron chi connectivity index (χ0n) is 9.79. The van der Waals surface area contributed by atoms with Crippen molar-refractivity contribution < 1.29 is 0 Å². The third kappa shape index (κ3) is 4.45. The fraction of sp³-hybridized carbons (Fsp3) is 0.538. The normalized spacial score (nSPS) is 12.7. The highest BCUT2D eigenvalue weighted by Gasteiger charge is 2.05. The van der Waals surface area contributed by atoms with Gasteiger partial charge in [0.15, 0.2) is 0 Å². The van der Waals surface area contributed by atoms with Crippen molar-refractivity contribution in [3.63, 3.8) is 0 Å². The van der Waals surface area contributed by atoms with Gasteiger partial charge in [-0.2, -0.15) is 0 Å². The minimum Gasteiger partial charge on any atom is -0.329 e. The van der Waals surface area contributed by atoms with Gasteiger partial charge in [0, 0.05) is 19.1 Å². The molecule has 1 unspecified atom stereocenters. The van der Waals surface area contributed by atoms with E-state index in [1.807, 2.05) is 0 Å². The van der Waals surface area contributed by atoms with Crippen LogP contribution in [0.25, 0.3) is 0 Å². The first-order chi connectivity index (χ1) is 7.26. The summed E-state index contributed by atoms with van der Waals surface area (Å²) in [5, 5.41) is 3.46. The van der Waals surface area contributed by atoms with Crippen LogP contribution in [0.15, 0.2) is 24.3 Å². The van der Waals surface area contributed by atoms with E-state index in [1.54, 1.807) is 0 Å². The standard InChI is InChI=1S/C13H22N2/c1-3-13(15-8-7-14)10-12-6-4-5-11(2)9-12/h4-6,9,13,15H,3,7-8,10,14H2,1-2H3. The molecule has 15 heavy (non-hydrogen) atoms. The second-order valence-electron chi connectivity index (χ2n) is 4.04. The minimum absolute atomic E-state index is 0.551. The van der Waals surface area contributed by atoms with Crippen LogP contribution in [0, 0.1) is 6.92 Å². The van der Waals surface area contributed by atoms with Crippen molar-refractivity contribution in [2.24, 2.45) is 5.73 Å². The predicted octanol–water partition coefficient (Wildman–Crippen LogP) is 1.86. The van der Waals surface area contributed by atoms with Crippen molar-refractivity contribution in [1.29, 1.82) is 0 Å². The molecular formula is C13H22N2. The van der Waals surface area contributed by atoms with E-state index in [2.05, 4.69) is 43.4 Å². The van der Waals surface area contributed by atoms with Crippen molar-refractivity contribution in [3.8, 4) is 0 Å². The summed E-state index contributed by atoms with van der Waals surface area (Å²) in [5.74, 6) is 0. The maximum atomic E-state index is 5.49. The molecule has 0 heterocycles. The topological polar surface area (TPSA) is 38.0 Å². The monoisotopic (exact) mass is 206 g/mol. The Morgan fingerprint density at radius 1 is 1.40 bits per heavy atom. The fourth-order valence-corrected chi connectivity index (χ4v) is 1.77. The molecule has 0 bridgehead atoms. The Hall–Kier alpha value is -0.860. The summed E-state index contributed by atoms with van der Waals surface area (Å²) < 4.78 is 0. The number of hydrogen-bond donors (Lipinski definition) is 2. The molecule has 0 spiro atoms. The zero-order chi connectivity index (χ0) is 11.1. The number of hydrogen-bond acceptors (Lipinski definition) is 2. The number of rotatable bonds is 6. The number of benzene rings is 1. The SMILES string of the molecule is CCC(Cc1cccc(C)c1)NCCN. The van der Waals surface area contributed by atoms with Crippen LogP contribution in [-0.4, -0.2) is 19.1 Å². The Morgan fingerprint density at radius 3 is 2.80 bits per heavy atom. The minimum atomic E-state index is 0.551. The van der Waals surface area contributed by atoms with E-state index < -0.39 is 0 Å². The van der Waals surface area contributed by atoms with E-state index in [0.717, 1.165) is 19.4 Å². The van der Waals surface area contributed by atoms with Gasteiger partial charge in [-0.15, -0.1) is 0 Å². The third-order valence-electron chi connectivity index (χ3n) is 2.63. The Labute approximate surface area is 92.9 Å². The second-order valence-corrected chi connectivity index (χ2v) is 4.04. The summed E-state index contributed by atoms with van der Waals surface area (Å²) in [6.07, 6.45) is 2.24. The summed E-state index contributed by atoms with van der Waals surface area (Å²) in [6.45, 7) is 5.97. The summed E-state index contributed by atoms with van der Waals surface area (Å²) in [5.41, 5.74) is 8.23. The van der Waals surface area contributed by atoms with Gasteiger partial charge in [0.1, 0.15) is 0 Å². The van der Waals surface area contributed by atoms with Crippen LogP contribution in [0.4, 0.5) is 0 Å². The first-order valence-electron chi connectivity index (χ1n) is 5.75. The second kappa shape index (κ2) is 6.59. The number of nitrogens with two attached hydrogens (primary N) is 1. The molecule has 0 amide bonds. The Kier molecular flexibility index (Phi) is 5.37. The highest BCUT2D eigenvalue weighted by atomic mass is 14.9. The molecule has 3 N–H and O–H groups in total. The summed E-state index contributed by atoms with van der Waals surface area (Å²) >= 11 is 0. The van der Waals surface area contributed by atoms with Gasteiger partial charge in [-0.05, 0) is 25.3 Å². The molecule has 1 atom stereocenters. The van der Waals surface area contributed by atoms with Crippen LogP contribution in [0.2, 0.25) is 0 Å². The lowest BCUT2D eigenvalue weighted by molar-refractivity contribution is 0.501. The van der Waals surface area contributed by atoms with Crippen molar-refractivity contribution in [3.05, 3.63) is 35.4 Å². The first kappa shape index (κ1) is 12.2. The van der Waals surface area contributed by atoms with Gasteiger partial charge in [-0.1, -0.05) is 36.8 Å². The van der Waals surface area contributed by atoms with Gasteiger partial charge in [0.25, 0.3) is 0 Å². The lowest BCUT2D eigenvalue weighted by Crippen LogP contribution is -2.34. The van der Waals surface area contributed by atoms with E-state index in [-0.39, 0.29) is 0 Å². The molecule has 2 heteroatoms. The van der Waals surface area contributed by atoms with Gasteiger partial charge in [0.2, 0.25) is 0 Å². The average Bonchev–Trinajstić information content (AvgIpc) is 2.24. The molecule has 0 aliphatic heterocycles. The zero-order valence-corrected chi connectivity index (χ0v) is 9.79. The number of aryl methyl sites for hydroxylation is 1. The van der Waals surface area contributed by atoms with Crippen molar-refractivity contribution in [2.75, 3.05) is 13.1 Å². The molecule has 1 aromatic carbocycles. The molecule has 2 nitrogen and oxygen atoms in total. The van der Waals surface area contributed by atoms with Gasteiger partial charge in [0.05, 0.1) is 0 Å². The molecule has 0 radical (unpaired) electrons. The van der Waals surface area contributed by atoms with E-state index >= 15 is 0 Å². The Balaban J connectivity index is 2.50. The average molecular weight is 206 g/mol. The van der Waals surface area contributed by atoms with Crippen molar-refractivity contribution in [2.45, 2.75) is 32.7 Å². The van der Waals surface area contributed by atoms with Gasteiger partial charge in [-0.25, -0.2) is 0 Å². The van der Waals surface area contributed by atoms with E-state index in [4.69, 9.17) is 5.73 Å². The maximum Gasteiger partial charge on any atom is 0.0105 e. The van der Waals surface area contributed by atoms with Crippen LogP contribution >= 0.6 is 0 Å². The molecule has 0 saturated heterocycles. The van der Waals surface area contributed by atoms with Crippen molar-refractivity contribution in [1.82, 2.24) is 5.32 Å². The van der Waals surface area contributed by atoms with Crippen LogP contribution < -0.4 is 11.1 Å². The first-order valence-corrected chi connectivity index (χ1v) is 5.75. The summed E-state index contributed by atoms with van der Waals surface area (Å²) in [6, 6.07) is 9.26. The third-order valence-corrected chi connectivity index (χ3v) is 2.63. The van der Waals surface area contributed by atoms with Crippen LogP contribution in [-0.2, 0) is 6.42 Å². The predicted molar refractivity (Wildman–Crippen MR) is 66.0 cm³/mol. The van der Waals surface area contributed by atoms with E-state index in [9.17, 15) is 0 Å². The van der Waals surface area contributed by atoms with Crippen LogP contribution in [0.5, 0.6) is 0 Å². The molecule has 0 saturated carbocycles. The molecular weight excluding hydrogens is 184 g/mol. The fourth-order valence-electron chi connectivity index (χ4n) is 1.77. The lowest BCUT2D eigenvalue weighted by atomic mass is 10.0. The van der Waals surface area contributed by atoms with E-state index in [1.165, 1.54) is 11.1 Å². The molecule has 0 aromatic heterocycles. The van der Waals surface area contributed by atoms with Gasteiger partial charge < -0.3 is 11.1 Å². The molecule has 0 fully saturated rings. The highest BCUT2D eigenvalue weighted by Crippen LogP contribution is 2.08. The highest BCUT2D eigenvalue weighted by molar-refractivity contribution is 5.22. The molecule has 1 aromatic rings. The number of nitrogens with one attached hydrogen (secondary N) is 1. The summed E-state index contributed by atoms with van der Waals surface area (Å²) in [4.78, 5) is 0. The molecule has 0 aliphatic carbocycles. The molecule has 0 aliphatic rings. The Morgan fingerprint density at radius 2 is 2.20 bits per heavy atom. The summed E-state index contributed by atoms with van der Waals surface area (Å²) in [7, 11) is 0. The molecule has 84 valence electrons. The largest absolute Gasteiger partial charge is 0.329 e. The lowest BCUT2D eigenvalue weighted by Gasteiger charge is -2.16. The van der Waals surface area contributed by atoms with Crippen LogP contribution in [0.3, 0.4) is 0 Å². The van der Waals surface area contributed by atoms with Crippen LogP contribution in [0.1, 0.15) is 24.5 Å². The Bertz CT molecular complexity index is 284.